The molecule has 3 aromatic rings. The zero-order valence-electron chi connectivity index (χ0n) is 16.0. The van der Waals surface area contributed by atoms with Gasteiger partial charge in [0.1, 0.15) is 5.58 Å². The molecular weight excluding hydrogens is 394 g/mol. The summed E-state index contributed by atoms with van der Waals surface area (Å²) in [6, 6.07) is 12.6. The van der Waals surface area contributed by atoms with Crippen LogP contribution >= 0.6 is 11.6 Å². The molecule has 0 aliphatic rings. The summed E-state index contributed by atoms with van der Waals surface area (Å²) in [4.78, 5) is 38.9. The van der Waals surface area contributed by atoms with Gasteiger partial charge in [0.05, 0.1) is 5.39 Å². The topological polar surface area (TPSA) is 91.7 Å². The number of halogens is 1. The number of amides is 2. The Morgan fingerprint density at radius 3 is 2.28 bits per heavy atom. The van der Waals surface area contributed by atoms with E-state index in [1.807, 2.05) is 12.1 Å². The van der Waals surface area contributed by atoms with Crippen LogP contribution in [-0.2, 0) is 0 Å². The summed E-state index contributed by atoms with van der Waals surface area (Å²) in [5.74, 6) is -1.45. The zero-order chi connectivity index (χ0) is 21.0. The number of fused-ring (bicyclic) bond motifs is 1. The maximum atomic E-state index is 12.3. The smallest absolute Gasteiger partial charge is 0.305 e. The summed E-state index contributed by atoms with van der Waals surface area (Å²) in [5.41, 5.74) is 5.78. The van der Waals surface area contributed by atoms with Crippen molar-refractivity contribution in [3.05, 3.63) is 75.1 Å². The highest BCUT2D eigenvalue weighted by Crippen LogP contribution is 2.18. The van der Waals surface area contributed by atoms with Crippen LogP contribution in [0.4, 0.5) is 5.69 Å². The highest BCUT2D eigenvalue weighted by Gasteiger charge is 2.14. The Kier molecular flexibility index (Phi) is 6.19. The van der Waals surface area contributed by atoms with E-state index in [0.29, 0.717) is 10.6 Å². The van der Waals surface area contributed by atoms with Gasteiger partial charge in [0, 0.05) is 35.4 Å². The maximum Gasteiger partial charge on any atom is 0.305 e. The Morgan fingerprint density at radius 2 is 1.62 bits per heavy atom. The molecule has 2 amide bonds. The molecule has 1 aromatic heterocycles. The minimum absolute atomic E-state index is 0.220. The Labute approximate surface area is 172 Å². The fraction of sp³-hybridized carbons (Fsp3) is 0.190. The predicted octanol–water partition coefficient (Wildman–Crippen LogP) is 3.37. The second-order valence-electron chi connectivity index (χ2n) is 6.24. The van der Waals surface area contributed by atoms with Gasteiger partial charge in [0.2, 0.25) is 0 Å². The number of carbonyl (C=O) groups is 2. The van der Waals surface area contributed by atoms with E-state index in [4.69, 9.17) is 16.0 Å². The number of carbonyl (C=O) groups excluding carboxylic acids is 2. The number of hydrogen-bond donors (Lipinski definition) is 2. The number of rotatable bonds is 5. The first-order valence-electron chi connectivity index (χ1n) is 9.12. The van der Waals surface area contributed by atoms with E-state index < -0.39 is 17.2 Å². The Morgan fingerprint density at radius 1 is 0.966 bits per heavy atom. The Bertz CT molecular complexity index is 1110. The van der Waals surface area contributed by atoms with Gasteiger partial charge in [-0.1, -0.05) is 11.6 Å². The molecule has 0 bridgehead atoms. The van der Waals surface area contributed by atoms with Crippen molar-refractivity contribution in [3.8, 4) is 0 Å². The van der Waals surface area contributed by atoms with Crippen molar-refractivity contribution in [1.29, 1.82) is 0 Å². The van der Waals surface area contributed by atoms with E-state index >= 15 is 0 Å². The number of hydrogen-bond acceptors (Lipinski definition) is 5. The maximum absolute atomic E-state index is 12.3. The minimum Gasteiger partial charge on any atom is -0.451 e. The molecule has 3 rings (SSSR count). The molecule has 0 fully saturated rings. The van der Waals surface area contributed by atoms with Crippen molar-refractivity contribution < 1.29 is 14.0 Å². The van der Waals surface area contributed by atoms with Crippen molar-refractivity contribution in [2.75, 3.05) is 18.0 Å². The molecular formula is C21H20ClN3O4. The molecule has 29 heavy (non-hydrogen) atoms. The van der Waals surface area contributed by atoms with Crippen molar-refractivity contribution in [2.45, 2.75) is 13.8 Å². The van der Waals surface area contributed by atoms with Gasteiger partial charge in [0.25, 0.3) is 5.91 Å². The van der Waals surface area contributed by atoms with E-state index in [1.165, 1.54) is 12.1 Å². The van der Waals surface area contributed by atoms with Gasteiger partial charge in [-0.15, -0.1) is 0 Å². The average molecular weight is 414 g/mol. The summed E-state index contributed by atoms with van der Waals surface area (Å²) in [5, 5.41) is 0.660. The van der Waals surface area contributed by atoms with Crippen LogP contribution in [0.3, 0.4) is 0 Å². The fourth-order valence-electron chi connectivity index (χ4n) is 2.90. The third kappa shape index (κ3) is 4.57. The van der Waals surface area contributed by atoms with Crippen LogP contribution in [0, 0.1) is 0 Å². The number of hydrazine groups is 1. The quantitative estimate of drug-likeness (QED) is 0.626. The van der Waals surface area contributed by atoms with Gasteiger partial charge < -0.3 is 9.32 Å². The van der Waals surface area contributed by atoms with Crippen LogP contribution in [-0.4, -0.2) is 24.9 Å². The van der Waals surface area contributed by atoms with Crippen LogP contribution in [0.2, 0.25) is 5.02 Å². The molecule has 0 aliphatic carbocycles. The first kappa shape index (κ1) is 20.4. The number of nitrogens with zero attached hydrogens (tertiary/aromatic N) is 1. The van der Waals surface area contributed by atoms with Gasteiger partial charge >= 0.3 is 5.91 Å². The Balaban J connectivity index is 1.69. The molecule has 2 aromatic carbocycles. The van der Waals surface area contributed by atoms with Crippen LogP contribution < -0.4 is 21.2 Å². The lowest BCUT2D eigenvalue weighted by molar-refractivity contribution is 0.0831. The fourth-order valence-corrected chi connectivity index (χ4v) is 3.07. The van der Waals surface area contributed by atoms with Crippen molar-refractivity contribution >= 4 is 40.1 Å². The summed E-state index contributed by atoms with van der Waals surface area (Å²) >= 11 is 5.87. The van der Waals surface area contributed by atoms with Crippen LogP contribution in [0.15, 0.2) is 57.7 Å². The number of benzene rings is 2. The highest BCUT2D eigenvalue weighted by molar-refractivity contribution is 6.31. The zero-order valence-corrected chi connectivity index (χ0v) is 16.7. The molecule has 0 saturated heterocycles. The van der Waals surface area contributed by atoms with Crippen molar-refractivity contribution in [2.24, 2.45) is 0 Å². The first-order valence-corrected chi connectivity index (χ1v) is 9.49. The lowest BCUT2D eigenvalue weighted by atomic mass is 10.2. The van der Waals surface area contributed by atoms with Gasteiger partial charge in [-0.2, -0.15) is 0 Å². The van der Waals surface area contributed by atoms with Crippen molar-refractivity contribution in [1.82, 2.24) is 10.9 Å². The molecule has 0 atom stereocenters. The third-order valence-electron chi connectivity index (χ3n) is 4.46. The second-order valence-corrected chi connectivity index (χ2v) is 6.68. The number of anilines is 1. The summed E-state index contributed by atoms with van der Waals surface area (Å²) in [6.07, 6.45) is 0. The SMILES string of the molecule is CCN(CC)c1ccc(C(=O)NNC(=O)c2cc(=O)c3cc(Cl)ccc3o2)cc1. The number of nitrogens with one attached hydrogen (secondary N) is 2. The highest BCUT2D eigenvalue weighted by atomic mass is 35.5. The second kappa shape index (κ2) is 8.79. The molecule has 0 spiro atoms. The van der Waals surface area contributed by atoms with E-state index in [0.717, 1.165) is 24.8 Å². The lowest BCUT2D eigenvalue weighted by Gasteiger charge is -2.21. The Hall–Kier alpha value is -3.32. The largest absolute Gasteiger partial charge is 0.451 e. The molecule has 0 saturated carbocycles. The lowest BCUT2D eigenvalue weighted by Crippen LogP contribution is -2.41. The summed E-state index contributed by atoms with van der Waals surface area (Å²) in [7, 11) is 0. The van der Waals surface area contributed by atoms with E-state index in [2.05, 4.69) is 29.6 Å². The molecule has 0 aliphatic heterocycles. The summed E-state index contributed by atoms with van der Waals surface area (Å²) in [6.45, 7) is 5.83. The molecule has 0 radical (unpaired) electrons. The summed E-state index contributed by atoms with van der Waals surface area (Å²) < 4.78 is 5.44. The standard InChI is InChI=1S/C21H20ClN3O4/c1-3-25(4-2)15-8-5-13(6-9-15)20(27)23-24-21(28)19-12-17(26)16-11-14(22)7-10-18(16)29-19/h5-12H,3-4H2,1-2H3,(H,23,27)(H,24,28). The van der Waals surface area contributed by atoms with Gasteiger partial charge in [-0.3, -0.25) is 25.2 Å². The normalized spacial score (nSPS) is 10.6. The van der Waals surface area contributed by atoms with E-state index in [9.17, 15) is 14.4 Å². The molecule has 7 nitrogen and oxygen atoms in total. The van der Waals surface area contributed by atoms with Crippen molar-refractivity contribution in [3.63, 3.8) is 0 Å². The molecule has 0 unspecified atom stereocenters. The van der Waals surface area contributed by atoms with Gasteiger partial charge in [-0.05, 0) is 56.3 Å². The van der Waals surface area contributed by atoms with Gasteiger partial charge in [-0.25, -0.2) is 0 Å². The molecule has 2 N–H and O–H groups in total. The first-order chi connectivity index (χ1) is 13.9. The van der Waals surface area contributed by atoms with E-state index in [-0.39, 0.29) is 16.7 Å². The minimum atomic E-state index is -0.743. The van der Waals surface area contributed by atoms with E-state index in [1.54, 1.807) is 18.2 Å². The van der Waals surface area contributed by atoms with Gasteiger partial charge in [0.15, 0.2) is 11.2 Å². The predicted molar refractivity (Wildman–Crippen MR) is 112 cm³/mol. The molecule has 1 heterocycles. The van der Waals surface area contributed by atoms with Crippen LogP contribution in [0.5, 0.6) is 0 Å². The van der Waals surface area contributed by atoms with Crippen LogP contribution in [0.1, 0.15) is 34.8 Å². The average Bonchev–Trinajstić information content (AvgIpc) is 2.73. The molecule has 8 heteroatoms. The molecule has 150 valence electrons. The third-order valence-corrected chi connectivity index (χ3v) is 4.70. The monoisotopic (exact) mass is 413 g/mol. The van der Waals surface area contributed by atoms with Crippen LogP contribution in [0.25, 0.3) is 11.0 Å².